The molecule has 0 spiro atoms. The average Bonchev–Trinajstić information content (AvgIpc) is 3.18. The van der Waals surface area contributed by atoms with E-state index >= 15 is 0 Å². The Kier molecular flexibility index (Phi) is 7.47. The van der Waals surface area contributed by atoms with Gasteiger partial charge in [0.05, 0.1) is 36.2 Å². The number of halogens is 2. The topological polar surface area (TPSA) is 72.3 Å². The molecule has 1 amide bonds. The van der Waals surface area contributed by atoms with E-state index in [1.54, 1.807) is 18.2 Å². The van der Waals surface area contributed by atoms with Crippen molar-refractivity contribution in [3.05, 3.63) is 64.4 Å². The molecule has 0 atom stereocenters. The maximum Gasteiger partial charge on any atom is 0.234 e. The van der Waals surface area contributed by atoms with Gasteiger partial charge in [0, 0.05) is 23.8 Å². The zero-order valence-electron chi connectivity index (χ0n) is 16.6. The van der Waals surface area contributed by atoms with E-state index in [2.05, 4.69) is 20.4 Å². The number of hydrogen-bond acceptors (Lipinski definition) is 6. The number of carbonyl (C=O) groups excluding carboxylic acids is 1. The molecule has 0 radical (unpaired) electrons. The highest BCUT2D eigenvalue weighted by atomic mass is 35.5. The van der Waals surface area contributed by atoms with Crippen LogP contribution in [0.4, 0.5) is 5.69 Å². The van der Waals surface area contributed by atoms with Gasteiger partial charge in [-0.15, -0.1) is 10.2 Å². The van der Waals surface area contributed by atoms with Crippen molar-refractivity contribution in [1.29, 1.82) is 0 Å². The Balaban J connectivity index is 1.48. The average molecular weight is 478 g/mol. The minimum absolute atomic E-state index is 0.168. The summed E-state index contributed by atoms with van der Waals surface area (Å²) in [6.07, 6.45) is 0. The van der Waals surface area contributed by atoms with Crippen molar-refractivity contribution < 1.29 is 9.53 Å². The van der Waals surface area contributed by atoms with Gasteiger partial charge in [-0.05, 0) is 30.3 Å². The summed E-state index contributed by atoms with van der Waals surface area (Å²) in [5.74, 6) is 0.810. The molecule has 1 aliphatic rings. The molecular weight excluding hydrogens is 457 g/mol. The lowest BCUT2D eigenvalue weighted by atomic mass is 10.3. The van der Waals surface area contributed by atoms with Crippen molar-refractivity contribution >= 4 is 46.6 Å². The molecule has 2 heterocycles. The number of nitrogens with one attached hydrogen (secondary N) is 1. The lowest BCUT2D eigenvalue weighted by Crippen LogP contribution is -2.36. The predicted molar refractivity (Wildman–Crippen MR) is 123 cm³/mol. The number of para-hydroxylation sites is 1. The minimum Gasteiger partial charge on any atom is -0.379 e. The number of carbonyl (C=O) groups is 1. The number of aromatic nitrogens is 3. The van der Waals surface area contributed by atoms with E-state index in [0.717, 1.165) is 24.6 Å². The number of rotatable bonds is 7. The number of anilines is 1. The molecule has 0 saturated carbocycles. The van der Waals surface area contributed by atoms with Gasteiger partial charge >= 0.3 is 0 Å². The number of morpholine rings is 1. The molecule has 3 aromatic rings. The third-order valence-electron chi connectivity index (χ3n) is 4.72. The van der Waals surface area contributed by atoms with Gasteiger partial charge in [0.1, 0.15) is 0 Å². The van der Waals surface area contributed by atoms with Gasteiger partial charge in [0.15, 0.2) is 11.0 Å². The normalized spacial score (nSPS) is 14.5. The SMILES string of the molecule is O=C(CSc1nnc(CN2CCOCC2)n1-c1ccccc1)Nc1ccc(Cl)cc1Cl. The van der Waals surface area contributed by atoms with Crippen molar-refractivity contribution in [3.8, 4) is 5.69 Å². The third-order valence-corrected chi connectivity index (χ3v) is 6.20. The number of hydrogen-bond donors (Lipinski definition) is 1. The van der Waals surface area contributed by atoms with E-state index in [1.807, 2.05) is 34.9 Å². The first-order valence-electron chi connectivity index (χ1n) is 9.77. The van der Waals surface area contributed by atoms with Gasteiger partial charge in [0.2, 0.25) is 5.91 Å². The maximum atomic E-state index is 12.5. The second-order valence-electron chi connectivity index (χ2n) is 6.92. The molecule has 4 rings (SSSR count). The molecule has 0 bridgehead atoms. The second-order valence-corrected chi connectivity index (χ2v) is 8.71. The summed E-state index contributed by atoms with van der Waals surface area (Å²) in [4.78, 5) is 14.8. The molecule has 1 N–H and O–H groups in total. The molecule has 0 aliphatic carbocycles. The fraction of sp³-hybridized carbons (Fsp3) is 0.286. The van der Waals surface area contributed by atoms with E-state index < -0.39 is 0 Å². The molecule has 10 heteroatoms. The van der Waals surface area contributed by atoms with Gasteiger partial charge in [-0.3, -0.25) is 14.3 Å². The van der Waals surface area contributed by atoms with Gasteiger partial charge < -0.3 is 10.1 Å². The van der Waals surface area contributed by atoms with Gasteiger partial charge in [-0.1, -0.05) is 53.2 Å². The quantitative estimate of drug-likeness (QED) is 0.515. The molecule has 162 valence electrons. The first-order chi connectivity index (χ1) is 15.1. The highest BCUT2D eigenvalue weighted by molar-refractivity contribution is 7.99. The smallest absolute Gasteiger partial charge is 0.234 e. The summed E-state index contributed by atoms with van der Waals surface area (Å²) < 4.78 is 7.44. The van der Waals surface area contributed by atoms with Gasteiger partial charge in [0.25, 0.3) is 0 Å². The van der Waals surface area contributed by atoms with E-state index in [4.69, 9.17) is 27.9 Å². The van der Waals surface area contributed by atoms with Gasteiger partial charge in [-0.25, -0.2) is 0 Å². The number of nitrogens with zero attached hydrogens (tertiary/aromatic N) is 4. The summed E-state index contributed by atoms with van der Waals surface area (Å²) in [6, 6.07) is 14.9. The first kappa shape index (κ1) is 22.1. The van der Waals surface area contributed by atoms with Crippen LogP contribution in [-0.4, -0.2) is 57.6 Å². The monoisotopic (exact) mass is 477 g/mol. The lowest BCUT2D eigenvalue weighted by molar-refractivity contribution is -0.113. The van der Waals surface area contributed by atoms with Crippen LogP contribution in [0.1, 0.15) is 5.82 Å². The number of amides is 1. The van der Waals surface area contributed by atoms with Crippen LogP contribution in [0.25, 0.3) is 5.69 Å². The van der Waals surface area contributed by atoms with Crippen LogP contribution in [0.5, 0.6) is 0 Å². The summed E-state index contributed by atoms with van der Waals surface area (Å²) in [5, 5.41) is 13.2. The Morgan fingerprint density at radius 3 is 2.61 bits per heavy atom. The Bertz CT molecular complexity index is 1040. The third kappa shape index (κ3) is 5.78. The van der Waals surface area contributed by atoms with E-state index in [-0.39, 0.29) is 11.7 Å². The second kappa shape index (κ2) is 10.5. The Morgan fingerprint density at radius 1 is 1.10 bits per heavy atom. The van der Waals surface area contributed by atoms with Crippen LogP contribution in [0.3, 0.4) is 0 Å². The molecular formula is C21H21Cl2N5O2S. The lowest BCUT2D eigenvalue weighted by Gasteiger charge is -2.26. The largest absolute Gasteiger partial charge is 0.379 e. The van der Waals surface area contributed by atoms with Crippen LogP contribution >= 0.6 is 35.0 Å². The highest BCUT2D eigenvalue weighted by Crippen LogP contribution is 2.27. The molecule has 0 unspecified atom stereocenters. The fourth-order valence-corrected chi connectivity index (χ4v) is 4.43. The van der Waals surface area contributed by atoms with Crippen molar-refractivity contribution in [1.82, 2.24) is 19.7 Å². The predicted octanol–water partition coefficient (Wildman–Crippen LogP) is 4.14. The summed E-state index contributed by atoms with van der Waals surface area (Å²) >= 11 is 13.4. The molecule has 31 heavy (non-hydrogen) atoms. The highest BCUT2D eigenvalue weighted by Gasteiger charge is 2.19. The van der Waals surface area contributed by atoms with Crippen LogP contribution in [0.15, 0.2) is 53.7 Å². The molecule has 1 fully saturated rings. The summed E-state index contributed by atoms with van der Waals surface area (Å²) in [5.41, 5.74) is 1.48. The number of benzene rings is 2. The molecule has 1 saturated heterocycles. The van der Waals surface area contributed by atoms with Crippen LogP contribution in [0.2, 0.25) is 10.0 Å². The maximum absolute atomic E-state index is 12.5. The summed E-state index contributed by atoms with van der Waals surface area (Å²) in [6.45, 7) is 3.81. The van der Waals surface area contributed by atoms with Crippen molar-refractivity contribution in [2.24, 2.45) is 0 Å². The van der Waals surface area contributed by atoms with Crippen LogP contribution in [0, 0.1) is 0 Å². The van der Waals surface area contributed by atoms with E-state index in [1.165, 1.54) is 11.8 Å². The standard InChI is InChI=1S/C21H21Cl2N5O2S/c22-15-6-7-18(17(23)12-15)24-20(29)14-31-21-26-25-19(13-27-8-10-30-11-9-27)28(21)16-4-2-1-3-5-16/h1-7,12H,8-11,13-14H2,(H,24,29). The van der Waals surface area contributed by atoms with Crippen LogP contribution in [-0.2, 0) is 16.1 Å². The Labute approximate surface area is 194 Å². The van der Waals surface area contributed by atoms with Crippen LogP contribution < -0.4 is 5.32 Å². The van der Waals surface area contributed by atoms with E-state index in [0.29, 0.717) is 40.6 Å². The fourth-order valence-electron chi connectivity index (χ4n) is 3.20. The van der Waals surface area contributed by atoms with Crippen molar-refractivity contribution in [2.75, 3.05) is 37.4 Å². The first-order valence-corrected chi connectivity index (χ1v) is 11.5. The van der Waals surface area contributed by atoms with Crippen molar-refractivity contribution in [2.45, 2.75) is 11.7 Å². The van der Waals surface area contributed by atoms with Crippen molar-refractivity contribution in [3.63, 3.8) is 0 Å². The molecule has 2 aromatic carbocycles. The molecule has 1 aliphatic heterocycles. The Morgan fingerprint density at radius 2 is 1.87 bits per heavy atom. The van der Waals surface area contributed by atoms with E-state index in [9.17, 15) is 4.79 Å². The zero-order valence-corrected chi connectivity index (χ0v) is 19.0. The number of thioether (sulfide) groups is 1. The molecule has 7 nitrogen and oxygen atoms in total. The summed E-state index contributed by atoms with van der Waals surface area (Å²) in [7, 11) is 0. The minimum atomic E-state index is -0.188. The Hall–Kier alpha value is -2.10. The van der Waals surface area contributed by atoms with Gasteiger partial charge in [-0.2, -0.15) is 0 Å². The molecule has 1 aromatic heterocycles. The number of ether oxygens (including phenoxy) is 1. The zero-order chi connectivity index (χ0) is 21.6.